The van der Waals surface area contributed by atoms with Crippen molar-refractivity contribution >= 4 is 11.6 Å². The van der Waals surface area contributed by atoms with Crippen molar-refractivity contribution < 1.29 is 9.72 Å². The first-order valence-electron chi connectivity index (χ1n) is 7.34. The van der Waals surface area contributed by atoms with Crippen molar-refractivity contribution in [2.45, 2.75) is 44.3 Å². The molecule has 2 unspecified atom stereocenters. The third-order valence-corrected chi connectivity index (χ3v) is 4.24. The molecule has 1 amide bonds. The number of hydrogen-bond donors (Lipinski definition) is 1. The lowest BCUT2D eigenvalue weighted by molar-refractivity contribution is -0.384. The average Bonchev–Trinajstić information content (AvgIpc) is 3.23. The number of benzene rings is 1. The second-order valence-corrected chi connectivity index (χ2v) is 5.92. The Kier molecular flexibility index (Phi) is 3.63. The lowest BCUT2D eigenvalue weighted by Gasteiger charge is -2.20. The van der Waals surface area contributed by atoms with E-state index in [0.29, 0.717) is 12.5 Å². The molecule has 1 saturated carbocycles. The molecule has 21 heavy (non-hydrogen) atoms. The Balaban J connectivity index is 1.59. The van der Waals surface area contributed by atoms with E-state index in [9.17, 15) is 14.9 Å². The molecule has 1 N–H and O–H groups in total. The molecule has 3 rings (SSSR count). The van der Waals surface area contributed by atoms with Crippen molar-refractivity contribution in [1.82, 2.24) is 10.2 Å². The van der Waals surface area contributed by atoms with E-state index in [0.717, 1.165) is 24.9 Å². The van der Waals surface area contributed by atoms with E-state index in [1.165, 1.54) is 12.1 Å². The number of amides is 1. The second-order valence-electron chi connectivity index (χ2n) is 5.92. The molecule has 6 heteroatoms. The van der Waals surface area contributed by atoms with Crippen molar-refractivity contribution in [2.75, 3.05) is 6.54 Å². The maximum absolute atomic E-state index is 11.9. The van der Waals surface area contributed by atoms with Gasteiger partial charge in [-0.1, -0.05) is 12.1 Å². The van der Waals surface area contributed by atoms with Crippen LogP contribution < -0.4 is 5.32 Å². The van der Waals surface area contributed by atoms with Crippen LogP contribution in [0.1, 0.15) is 37.8 Å². The first-order valence-corrected chi connectivity index (χ1v) is 7.34. The lowest BCUT2D eigenvalue weighted by Crippen LogP contribution is -2.35. The van der Waals surface area contributed by atoms with Gasteiger partial charge < -0.3 is 10.2 Å². The van der Waals surface area contributed by atoms with Gasteiger partial charge in [-0.3, -0.25) is 14.9 Å². The smallest absolute Gasteiger partial charge is 0.269 e. The normalized spacial score (nSPS) is 23.4. The third kappa shape index (κ3) is 3.05. The Bertz CT molecular complexity index is 554. The fraction of sp³-hybridized carbons (Fsp3) is 0.533. The van der Waals surface area contributed by atoms with E-state index in [4.69, 9.17) is 0 Å². The number of rotatable bonds is 5. The predicted octanol–water partition coefficient (Wildman–Crippen LogP) is 2.01. The summed E-state index contributed by atoms with van der Waals surface area (Å²) < 4.78 is 0. The molecule has 1 aromatic rings. The van der Waals surface area contributed by atoms with Crippen LogP contribution in [-0.4, -0.2) is 34.4 Å². The van der Waals surface area contributed by atoms with Crippen molar-refractivity contribution in [1.29, 1.82) is 0 Å². The highest BCUT2D eigenvalue weighted by Gasteiger charge is 2.39. The zero-order valence-corrected chi connectivity index (χ0v) is 12.0. The van der Waals surface area contributed by atoms with Gasteiger partial charge in [-0.2, -0.15) is 0 Å². The highest BCUT2D eigenvalue weighted by Crippen LogP contribution is 2.31. The number of likely N-dealkylation sites (tertiary alicyclic amines) is 1. The Hall–Kier alpha value is -1.95. The monoisotopic (exact) mass is 289 g/mol. The van der Waals surface area contributed by atoms with E-state index < -0.39 is 4.92 Å². The van der Waals surface area contributed by atoms with E-state index in [1.807, 2.05) is 11.8 Å². The van der Waals surface area contributed by atoms with Crippen LogP contribution in [0.15, 0.2) is 24.3 Å². The summed E-state index contributed by atoms with van der Waals surface area (Å²) in [5, 5.41) is 14.1. The molecule has 1 aliphatic heterocycles. The molecule has 112 valence electrons. The van der Waals surface area contributed by atoms with Gasteiger partial charge in [0, 0.05) is 43.2 Å². The highest BCUT2D eigenvalue weighted by molar-refractivity contribution is 5.80. The van der Waals surface area contributed by atoms with Crippen LogP contribution in [0, 0.1) is 10.1 Å². The molecular weight excluding hydrogens is 270 g/mol. The van der Waals surface area contributed by atoms with E-state index in [2.05, 4.69) is 5.32 Å². The van der Waals surface area contributed by atoms with Crippen LogP contribution in [0.4, 0.5) is 5.69 Å². The van der Waals surface area contributed by atoms with Crippen molar-refractivity contribution in [3.63, 3.8) is 0 Å². The molecule has 0 aromatic heterocycles. The Morgan fingerprint density at radius 1 is 1.33 bits per heavy atom. The number of nitrogens with one attached hydrogen (secondary N) is 1. The number of nitro groups is 1. The second kappa shape index (κ2) is 5.44. The first-order chi connectivity index (χ1) is 10.0. The molecule has 1 saturated heterocycles. The van der Waals surface area contributed by atoms with E-state index >= 15 is 0 Å². The largest absolute Gasteiger partial charge is 0.338 e. The number of hydrogen-bond acceptors (Lipinski definition) is 4. The van der Waals surface area contributed by atoms with Crippen LogP contribution in [0.2, 0.25) is 0 Å². The molecule has 0 bridgehead atoms. The minimum Gasteiger partial charge on any atom is -0.338 e. The molecule has 1 aromatic carbocycles. The van der Waals surface area contributed by atoms with E-state index in [1.54, 1.807) is 12.1 Å². The van der Waals surface area contributed by atoms with Gasteiger partial charge in [-0.15, -0.1) is 0 Å². The van der Waals surface area contributed by atoms with Gasteiger partial charge in [-0.05, 0) is 25.3 Å². The van der Waals surface area contributed by atoms with Crippen LogP contribution in [0.25, 0.3) is 0 Å². The molecular formula is C15H19N3O3. The van der Waals surface area contributed by atoms with Crippen LogP contribution in [0.3, 0.4) is 0 Å². The Morgan fingerprint density at radius 2 is 2.00 bits per heavy atom. The molecule has 1 heterocycles. The summed E-state index contributed by atoms with van der Waals surface area (Å²) in [4.78, 5) is 24.2. The zero-order chi connectivity index (χ0) is 15.0. The maximum Gasteiger partial charge on any atom is 0.269 e. The summed E-state index contributed by atoms with van der Waals surface area (Å²) >= 11 is 0. The standard InChI is InChI=1S/C15H19N3O3/c1-10(11-2-4-14(5-3-11)18(20)21)16-12-8-15(19)17(9-12)13-6-7-13/h2-5,10,12-13,16H,6-9H2,1H3. The number of carbonyl (C=O) groups is 1. The summed E-state index contributed by atoms with van der Waals surface area (Å²) in [5.74, 6) is 0.242. The van der Waals surface area contributed by atoms with Gasteiger partial charge in [0.15, 0.2) is 0 Å². The number of nitrogens with zero attached hydrogens (tertiary/aromatic N) is 2. The summed E-state index contributed by atoms with van der Waals surface area (Å²) in [6.45, 7) is 2.80. The third-order valence-electron chi connectivity index (χ3n) is 4.24. The van der Waals surface area contributed by atoms with E-state index in [-0.39, 0.29) is 23.7 Å². The SMILES string of the molecule is CC(NC1CC(=O)N(C2CC2)C1)c1ccc([N+](=O)[O-])cc1. The summed E-state index contributed by atoms with van der Waals surface area (Å²) in [7, 11) is 0. The minimum atomic E-state index is -0.398. The van der Waals surface area contributed by atoms with Crippen molar-refractivity contribution in [3.8, 4) is 0 Å². The molecule has 1 aliphatic carbocycles. The van der Waals surface area contributed by atoms with Gasteiger partial charge in [-0.25, -0.2) is 0 Å². The molecule has 0 radical (unpaired) electrons. The van der Waals surface area contributed by atoms with Gasteiger partial charge >= 0.3 is 0 Å². The molecule has 0 spiro atoms. The quantitative estimate of drug-likeness (QED) is 0.664. The molecule has 6 nitrogen and oxygen atoms in total. The van der Waals surface area contributed by atoms with Gasteiger partial charge in [0.05, 0.1) is 4.92 Å². The summed E-state index contributed by atoms with van der Waals surface area (Å²) in [6.07, 6.45) is 2.82. The topological polar surface area (TPSA) is 75.5 Å². The molecule has 2 fully saturated rings. The minimum absolute atomic E-state index is 0.0720. The van der Waals surface area contributed by atoms with Gasteiger partial charge in [0.25, 0.3) is 5.69 Å². The predicted molar refractivity (Wildman–Crippen MR) is 77.8 cm³/mol. The van der Waals surface area contributed by atoms with Crippen LogP contribution in [-0.2, 0) is 4.79 Å². The molecule has 2 atom stereocenters. The van der Waals surface area contributed by atoms with Crippen LogP contribution >= 0.6 is 0 Å². The molecule has 2 aliphatic rings. The fourth-order valence-corrected chi connectivity index (χ4v) is 2.92. The number of nitro benzene ring substituents is 1. The van der Waals surface area contributed by atoms with Gasteiger partial charge in [0.2, 0.25) is 5.91 Å². The highest BCUT2D eigenvalue weighted by atomic mass is 16.6. The summed E-state index contributed by atoms with van der Waals surface area (Å²) in [6, 6.07) is 7.29. The average molecular weight is 289 g/mol. The first kappa shape index (κ1) is 14.0. The fourth-order valence-electron chi connectivity index (χ4n) is 2.92. The number of carbonyl (C=O) groups excluding carboxylic acids is 1. The number of non-ortho nitro benzene ring substituents is 1. The maximum atomic E-state index is 11.9. The van der Waals surface area contributed by atoms with Crippen molar-refractivity contribution in [3.05, 3.63) is 39.9 Å². The zero-order valence-electron chi connectivity index (χ0n) is 12.0. The van der Waals surface area contributed by atoms with Gasteiger partial charge in [0.1, 0.15) is 0 Å². The van der Waals surface area contributed by atoms with Crippen LogP contribution in [0.5, 0.6) is 0 Å². The Labute approximate surface area is 123 Å². The Morgan fingerprint density at radius 3 is 2.57 bits per heavy atom. The summed E-state index contributed by atoms with van der Waals surface area (Å²) in [5.41, 5.74) is 1.10. The lowest BCUT2D eigenvalue weighted by atomic mass is 10.1. The van der Waals surface area contributed by atoms with Crippen molar-refractivity contribution in [2.24, 2.45) is 0 Å².